The Hall–Kier alpha value is -2.56. The summed E-state index contributed by atoms with van der Waals surface area (Å²) < 4.78 is 5.32. The molecule has 180 valence electrons. The van der Waals surface area contributed by atoms with Gasteiger partial charge in [-0.15, -0.1) is 0 Å². The van der Waals surface area contributed by atoms with Crippen LogP contribution in [0.3, 0.4) is 0 Å². The Morgan fingerprint density at radius 3 is 2.48 bits per heavy atom. The summed E-state index contributed by atoms with van der Waals surface area (Å²) in [4.78, 5) is 43.0. The monoisotopic (exact) mass is 459 g/mol. The average molecular weight is 460 g/mol. The van der Waals surface area contributed by atoms with E-state index in [2.05, 4.69) is 10.2 Å². The van der Waals surface area contributed by atoms with E-state index in [4.69, 9.17) is 4.74 Å². The van der Waals surface area contributed by atoms with Crippen molar-refractivity contribution in [3.8, 4) is 0 Å². The molecule has 1 aromatic rings. The second-order valence-corrected chi connectivity index (χ2v) is 9.13. The molecule has 2 saturated heterocycles. The number of nitrogens with zero attached hydrogens (tertiary/aromatic N) is 4. The lowest BCUT2D eigenvalue weighted by Gasteiger charge is -2.32. The second-order valence-electron chi connectivity index (χ2n) is 9.13. The lowest BCUT2D eigenvalue weighted by Crippen LogP contribution is -2.53. The number of non-ortho nitro benzene ring substituents is 1. The molecule has 3 aliphatic rings. The largest absolute Gasteiger partial charge is 0.383 e. The van der Waals surface area contributed by atoms with E-state index in [1.54, 1.807) is 19.2 Å². The molecular formula is C23H33N5O5. The first-order valence-electron chi connectivity index (χ1n) is 11.7. The lowest BCUT2D eigenvalue weighted by molar-refractivity contribution is -0.384. The van der Waals surface area contributed by atoms with Gasteiger partial charge in [-0.1, -0.05) is 12.1 Å². The normalized spacial score (nSPS) is 23.2. The van der Waals surface area contributed by atoms with Gasteiger partial charge in [0.2, 0.25) is 11.8 Å². The number of nitrogens with one attached hydrogen (secondary N) is 1. The van der Waals surface area contributed by atoms with Crippen molar-refractivity contribution in [2.24, 2.45) is 5.92 Å². The quantitative estimate of drug-likeness (QED) is 0.431. The first-order chi connectivity index (χ1) is 16.0. The zero-order chi connectivity index (χ0) is 23.4. The number of carbonyl (C=O) groups is 2. The lowest BCUT2D eigenvalue weighted by atomic mass is 10.1. The Morgan fingerprint density at radius 1 is 1.18 bits per heavy atom. The highest BCUT2D eigenvalue weighted by Gasteiger charge is 2.46. The van der Waals surface area contributed by atoms with Gasteiger partial charge < -0.3 is 19.9 Å². The number of methoxy groups -OCH3 is 1. The van der Waals surface area contributed by atoms with Gasteiger partial charge in [-0.3, -0.25) is 24.6 Å². The number of carbonyl (C=O) groups excluding carboxylic acids is 2. The van der Waals surface area contributed by atoms with Crippen molar-refractivity contribution in [1.29, 1.82) is 0 Å². The highest BCUT2D eigenvalue weighted by Crippen LogP contribution is 2.35. The number of nitro benzene ring substituents is 1. The van der Waals surface area contributed by atoms with Crippen LogP contribution in [0.2, 0.25) is 0 Å². The minimum absolute atomic E-state index is 0.0231. The predicted molar refractivity (Wildman–Crippen MR) is 121 cm³/mol. The Kier molecular flexibility index (Phi) is 7.56. The van der Waals surface area contributed by atoms with Gasteiger partial charge in [-0.05, 0) is 24.8 Å². The van der Waals surface area contributed by atoms with Gasteiger partial charge >= 0.3 is 0 Å². The van der Waals surface area contributed by atoms with E-state index >= 15 is 0 Å². The van der Waals surface area contributed by atoms with Crippen LogP contribution in [0, 0.1) is 16.0 Å². The van der Waals surface area contributed by atoms with E-state index in [1.165, 1.54) is 12.1 Å². The maximum atomic E-state index is 13.4. The molecule has 10 nitrogen and oxygen atoms in total. The van der Waals surface area contributed by atoms with E-state index in [-0.39, 0.29) is 29.5 Å². The van der Waals surface area contributed by atoms with Crippen LogP contribution < -0.4 is 5.32 Å². The molecule has 3 fully saturated rings. The summed E-state index contributed by atoms with van der Waals surface area (Å²) in [5, 5.41) is 14.2. The molecule has 2 atom stereocenters. The highest BCUT2D eigenvalue weighted by atomic mass is 16.6. The molecule has 0 spiro atoms. The maximum Gasteiger partial charge on any atom is 0.269 e. The van der Waals surface area contributed by atoms with E-state index in [0.29, 0.717) is 45.8 Å². The molecule has 2 heterocycles. The van der Waals surface area contributed by atoms with Crippen LogP contribution in [0.1, 0.15) is 24.8 Å². The van der Waals surface area contributed by atoms with Gasteiger partial charge in [0.05, 0.1) is 11.5 Å². The number of amides is 2. The summed E-state index contributed by atoms with van der Waals surface area (Å²) >= 11 is 0. The van der Waals surface area contributed by atoms with E-state index in [1.807, 2.05) is 9.80 Å². The number of benzene rings is 1. The summed E-state index contributed by atoms with van der Waals surface area (Å²) in [6.07, 6.45) is 2.41. The minimum atomic E-state index is -0.428. The van der Waals surface area contributed by atoms with Crippen molar-refractivity contribution in [1.82, 2.24) is 20.0 Å². The zero-order valence-electron chi connectivity index (χ0n) is 19.1. The topological polar surface area (TPSA) is 108 Å². The molecule has 1 aliphatic carbocycles. The van der Waals surface area contributed by atoms with Gasteiger partial charge in [-0.2, -0.15) is 0 Å². The van der Waals surface area contributed by atoms with Crippen LogP contribution >= 0.6 is 0 Å². The molecule has 2 unspecified atom stereocenters. The van der Waals surface area contributed by atoms with Gasteiger partial charge in [0.25, 0.3) is 5.69 Å². The standard InChI is InChI=1S/C23H33N5O5/c1-33-13-12-26(15-17-2-6-19(7-3-17)28(31)32)20-14-21(23(30)25-10-8-24-9-11-25)27(16-20)22(29)18-4-5-18/h2-3,6-7,18,20-21,24H,4-5,8-16H2,1H3. The van der Waals surface area contributed by atoms with Crippen LogP contribution in [-0.2, 0) is 20.9 Å². The molecule has 1 saturated carbocycles. The maximum absolute atomic E-state index is 13.4. The van der Waals surface area contributed by atoms with Gasteiger partial charge in [-0.25, -0.2) is 0 Å². The van der Waals surface area contributed by atoms with Crippen molar-refractivity contribution in [3.63, 3.8) is 0 Å². The number of hydrogen-bond donors (Lipinski definition) is 1. The second kappa shape index (κ2) is 10.6. The van der Waals surface area contributed by atoms with Crippen LogP contribution in [0.15, 0.2) is 24.3 Å². The van der Waals surface area contributed by atoms with Crippen molar-refractivity contribution >= 4 is 17.5 Å². The molecule has 10 heteroatoms. The summed E-state index contributed by atoms with van der Waals surface area (Å²) in [5.41, 5.74) is 1.01. The van der Waals surface area contributed by atoms with Crippen LogP contribution in [0.5, 0.6) is 0 Å². The fourth-order valence-electron chi connectivity index (χ4n) is 4.77. The number of rotatable bonds is 9. The van der Waals surface area contributed by atoms with Gasteiger partial charge in [0.1, 0.15) is 6.04 Å². The Morgan fingerprint density at radius 2 is 1.88 bits per heavy atom. The predicted octanol–water partition coefficient (Wildman–Crippen LogP) is 0.855. The number of ether oxygens (including phenoxy) is 1. The highest BCUT2D eigenvalue weighted by molar-refractivity contribution is 5.90. The molecule has 33 heavy (non-hydrogen) atoms. The molecular weight excluding hydrogens is 426 g/mol. The number of likely N-dealkylation sites (tertiary alicyclic amines) is 1. The summed E-state index contributed by atoms with van der Waals surface area (Å²) in [7, 11) is 1.65. The van der Waals surface area contributed by atoms with Crippen LogP contribution in [0.4, 0.5) is 5.69 Å². The smallest absolute Gasteiger partial charge is 0.269 e. The van der Waals surface area contributed by atoms with E-state index < -0.39 is 11.0 Å². The molecule has 0 radical (unpaired) electrons. The Labute approximate surface area is 194 Å². The third kappa shape index (κ3) is 5.69. The number of hydrogen-bond acceptors (Lipinski definition) is 7. The third-order valence-electron chi connectivity index (χ3n) is 6.83. The summed E-state index contributed by atoms with van der Waals surface area (Å²) in [6.45, 7) is 5.16. The van der Waals surface area contributed by atoms with Crippen LogP contribution in [0.25, 0.3) is 0 Å². The Bertz CT molecular complexity index is 853. The summed E-state index contributed by atoms with van der Waals surface area (Å²) in [6, 6.07) is 6.15. The van der Waals surface area contributed by atoms with E-state index in [0.717, 1.165) is 31.5 Å². The summed E-state index contributed by atoms with van der Waals surface area (Å²) in [5.74, 6) is 0.215. The molecule has 0 aromatic heterocycles. The molecule has 1 aromatic carbocycles. The van der Waals surface area contributed by atoms with Crippen molar-refractivity contribution in [3.05, 3.63) is 39.9 Å². The minimum Gasteiger partial charge on any atom is -0.383 e. The molecule has 2 amide bonds. The first kappa shape index (κ1) is 23.6. The van der Waals surface area contributed by atoms with Crippen molar-refractivity contribution in [2.45, 2.75) is 37.9 Å². The number of piperazine rings is 1. The molecule has 1 N–H and O–H groups in total. The van der Waals surface area contributed by atoms with Gasteiger partial charge in [0.15, 0.2) is 0 Å². The molecule has 2 aliphatic heterocycles. The first-order valence-corrected chi connectivity index (χ1v) is 11.7. The fourth-order valence-corrected chi connectivity index (χ4v) is 4.77. The van der Waals surface area contributed by atoms with Crippen molar-refractivity contribution in [2.75, 3.05) is 53.0 Å². The zero-order valence-corrected chi connectivity index (χ0v) is 19.1. The fraction of sp³-hybridized carbons (Fsp3) is 0.652. The molecule has 4 rings (SSSR count). The molecule has 0 bridgehead atoms. The van der Waals surface area contributed by atoms with E-state index in [9.17, 15) is 19.7 Å². The van der Waals surface area contributed by atoms with Crippen molar-refractivity contribution < 1.29 is 19.2 Å². The van der Waals surface area contributed by atoms with Crippen LogP contribution in [-0.4, -0.2) is 96.5 Å². The SMILES string of the molecule is COCCN(Cc1ccc([N+](=O)[O-])cc1)C1CC(C(=O)N2CCNCC2)N(C(=O)C2CC2)C1. The average Bonchev–Trinajstić information content (AvgIpc) is 3.60. The Balaban J connectivity index is 1.51. The van der Waals surface area contributed by atoms with Gasteiger partial charge in [0, 0.05) is 77.0 Å². The third-order valence-corrected chi connectivity index (χ3v) is 6.83. The number of nitro groups is 1.